The Labute approximate surface area is 111 Å². The van der Waals surface area contributed by atoms with Crippen LogP contribution in [0.2, 0.25) is 0 Å². The molecule has 3 amide bonds. The van der Waals surface area contributed by atoms with Crippen molar-refractivity contribution in [3.05, 3.63) is 35.4 Å². The van der Waals surface area contributed by atoms with Crippen LogP contribution in [-0.2, 0) is 9.53 Å². The number of rotatable bonds is 4. The third kappa shape index (κ3) is 4.79. The van der Waals surface area contributed by atoms with Gasteiger partial charge in [0.1, 0.15) is 0 Å². The fourth-order valence-corrected chi connectivity index (χ4v) is 1.38. The molecule has 0 spiro atoms. The number of urea groups is 1. The molecule has 0 aliphatic heterocycles. The molecule has 6 nitrogen and oxygen atoms in total. The van der Waals surface area contributed by atoms with Crippen molar-refractivity contribution in [2.75, 3.05) is 13.2 Å². The van der Waals surface area contributed by atoms with Crippen LogP contribution in [0.4, 0.5) is 4.79 Å². The lowest BCUT2D eigenvalue weighted by atomic mass is 10.1. The Hall–Kier alpha value is -2.37. The summed E-state index contributed by atoms with van der Waals surface area (Å²) in [5.41, 5.74) is 1.16. The van der Waals surface area contributed by atoms with Gasteiger partial charge in [-0.25, -0.2) is 9.59 Å². The zero-order chi connectivity index (χ0) is 14.3. The molecule has 0 aliphatic rings. The van der Waals surface area contributed by atoms with E-state index in [9.17, 15) is 14.4 Å². The highest BCUT2D eigenvalue weighted by molar-refractivity contribution is 5.97. The highest BCUT2D eigenvalue weighted by Crippen LogP contribution is 2.08. The minimum Gasteiger partial charge on any atom is -0.452 e. The van der Waals surface area contributed by atoms with Gasteiger partial charge in [0.15, 0.2) is 6.61 Å². The SMILES string of the molecule is CCNC(=O)NC(=O)COC(=O)c1ccccc1C. The molecule has 0 atom stereocenters. The van der Waals surface area contributed by atoms with Gasteiger partial charge in [0.2, 0.25) is 0 Å². The molecule has 19 heavy (non-hydrogen) atoms. The number of aryl methyl sites for hydroxylation is 1. The number of carbonyl (C=O) groups is 3. The molecule has 0 heterocycles. The van der Waals surface area contributed by atoms with E-state index in [-0.39, 0.29) is 0 Å². The fraction of sp³-hybridized carbons (Fsp3) is 0.308. The van der Waals surface area contributed by atoms with Crippen LogP contribution in [0.1, 0.15) is 22.8 Å². The van der Waals surface area contributed by atoms with E-state index in [0.29, 0.717) is 12.1 Å². The lowest BCUT2D eigenvalue weighted by Crippen LogP contribution is -2.41. The number of hydrogen-bond donors (Lipinski definition) is 2. The Morgan fingerprint density at radius 1 is 1.21 bits per heavy atom. The Balaban J connectivity index is 2.45. The topological polar surface area (TPSA) is 84.5 Å². The first-order valence-electron chi connectivity index (χ1n) is 5.85. The molecule has 0 saturated carbocycles. The molecule has 0 radical (unpaired) electrons. The zero-order valence-electron chi connectivity index (χ0n) is 10.9. The van der Waals surface area contributed by atoms with Gasteiger partial charge in [-0.2, -0.15) is 0 Å². The predicted molar refractivity (Wildman–Crippen MR) is 68.7 cm³/mol. The Morgan fingerprint density at radius 2 is 1.89 bits per heavy atom. The molecule has 2 N–H and O–H groups in total. The molecule has 102 valence electrons. The molecule has 0 bridgehead atoms. The summed E-state index contributed by atoms with van der Waals surface area (Å²) in [6, 6.07) is 6.27. The van der Waals surface area contributed by atoms with Crippen molar-refractivity contribution in [3.63, 3.8) is 0 Å². The molecule has 0 unspecified atom stereocenters. The minimum atomic E-state index is -0.673. The van der Waals surface area contributed by atoms with E-state index in [1.165, 1.54) is 0 Å². The lowest BCUT2D eigenvalue weighted by Gasteiger charge is -2.07. The summed E-state index contributed by atoms with van der Waals surface area (Å²) in [5, 5.41) is 4.43. The monoisotopic (exact) mass is 264 g/mol. The Kier molecular flexibility index (Phi) is 5.53. The Morgan fingerprint density at radius 3 is 2.53 bits per heavy atom. The van der Waals surface area contributed by atoms with Gasteiger partial charge in [-0.05, 0) is 25.5 Å². The van der Waals surface area contributed by atoms with Gasteiger partial charge in [0, 0.05) is 6.54 Å². The second-order valence-corrected chi connectivity index (χ2v) is 3.80. The maximum atomic E-state index is 11.7. The number of nitrogens with one attached hydrogen (secondary N) is 2. The highest BCUT2D eigenvalue weighted by Gasteiger charge is 2.13. The van der Waals surface area contributed by atoms with Crippen LogP contribution in [0.3, 0.4) is 0 Å². The lowest BCUT2D eigenvalue weighted by molar-refractivity contribution is -0.123. The molecule has 1 aromatic rings. The number of esters is 1. The molecule has 1 aromatic carbocycles. The van der Waals surface area contributed by atoms with Crippen LogP contribution in [0.5, 0.6) is 0 Å². The third-order valence-electron chi connectivity index (χ3n) is 2.29. The normalized spacial score (nSPS) is 9.58. The molecular formula is C13H16N2O4. The maximum Gasteiger partial charge on any atom is 0.338 e. The van der Waals surface area contributed by atoms with Crippen molar-refractivity contribution >= 4 is 17.9 Å². The summed E-state index contributed by atoms with van der Waals surface area (Å²) >= 11 is 0. The fourth-order valence-electron chi connectivity index (χ4n) is 1.38. The molecule has 0 aliphatic carbocycles. The van der Waals surface area contributed by atoms with E-state index in [2.05, 4.69) is 5.32 Å². The van der Waals surface area contributed by atoms with Crippen molar-refractivity contribution in [2.45, 2.75) is 13.8 Å². The largest absolute Gasteiger partial charge is 0.452 e. The van der Waals surface area contributed by atoms with Crippen LogP contribution in [-0.4, -0.2) is 31.1 Å². The van der Waals surface area contributed by atoms with Crippen molar-refractivity contribution < 1.29 is 19.1 Å². The first-order chi connectivity index (χ1) is 9.04. The molecule has 0 fully saturated rings. The average molecular weight is 264 g/mol. The highest BCUT2D eigenvalue weighted by atomic mass is 16.5. The summed E-state index contributed by atoms with van der Waals surface area (Å²) in [4.78, 5) is 34.0. The predicted octanol–water partition coefficient (Wildman–Crippen LogP) is 0.998. The number of benzene rings is 1. The van der Waals surface area contributed by atoms with E-state index in [1.807, 2.05) is 5.32 Å². The quantitative estimate of drug-likeness (QED) is 0.794. The van der Waals surface area contributed by atoms with Crippen LogP contribution in [0, 0.1) is 6.92 Å². The van der Waals surface area contributed by atoms with Crippen molar-refractivity contribution in [2.24, 2.45) is 0 Å². The molecule has 0 aromatic heterocycles. The first-order valence-corrected chi connectivity index (χ1v) is 5.85. The number of ether oxygens (including phenoxy) is 1. The van der Waals surface area contributed by atoms with E-state index in [1.54, 1.807) is 38.1 Å². The first kappa shape index (κ1) is 14.7. The van der Waals surface area contributed by atoms with Crippen molar-refractivity contribution in [3.8, 4) is 0 Å². The van der Waals surface area contributed by atoms with Crippen LogP contribution < -0.4 is 10.6 Å². The van der Waals surface area contributed by atoms with Gasteiger partial charge in [-0.15, -0.1) is 0 Å². The second-order valence-electron chi connectivity index (χ2n) is 3.80. The maximum absolute atomic E-state index is 11.7. The van der Waals surface area contributed by atoms with E-state index in [0.717, 1.165) is 5.56 Å². The summed E-state index contributed by atoms with van der Waals surface area (Å²) < 4.78 is 4.82. The summed E-state index contributed by atoms with van der Waals surface area (Å²) in [6.45, 7) is 3.40. The van der Waals surface area contributed by atoms with Crippen LogP contribution in [0.25, 0.3) is 0 Å². The number of hydrogen-bond acceptors (Lipinski definition) is 4. The standard InChI is InChI=1S/C13H16N2O4/c1-3-14-13(18)15-11(16)8-19-12(17)10-7-5-4-6-9(10)2/h4-7H,3,8H2,1-2H3,(H2,14,15,16,18). The zero-order valence-corrected chi connectivity index (χ0v) is 10.9. The summed E-state index contributed by atoms with van der Waals surface area (Å²) in [5.74, 6) is -1.27. The number of imide groups is 1. The van der Waals surface area contributed by atoms with Gasteiger partial charge in [0.05, 0.1) is 5.56 Å². The average Bonchev–Trinajstić information content (AvgIpc) is 2.36. The van der Waals surface area contributed by atoms with Crippen LogP contribution in [0.15, 0.2) is 24.3 Å². The molecule has 6 heteroatoms. The van der Waals surface area contributed by atoms with Gasteiger partial charge in [-0.1, -0.05) is 18.2 Å². The number of carbonyl (C=O) groups excluding carboxylic acids is 3. The number of amides is 3. The summed E-state index contributed by atoms with van der Waals surface area (Å²) in [6.07, 6.45) is 0. The van der Waals surface area contributed by atoms with Gasteiger partial charge in [-0.3, -0.25) is 10.1 Å². The van der Waals surface area contributed by atoms with E-state index in [4.69, 9.17) is 4.74 Å². The van der Waals surface area contributed by atoms with Gasteiger partial charge < -0.3 is 10.1 Å². The molecule has 1 rings (SSSR count). The van der Waals surface area contributed by atoms with Gasteiger partial charge in [0.25, 0.3) is 5.91 Å². The molecular weight excluding hydrogens is 248 g/mol. The van der Waals surface area contributed by atoms with E-state index >= 15 is 0 Å². The van der Waals surface area contributed by atoms with Crippen molar-refractivity contribution in [1.82, 2.24) is 10.6 Å². The smallest absolute Gasteiger partial charge is 0.338 e. The Bertz CT molecular complexity index is 485. The van der Waals surface area contributed by atoms with Gasteiger partial charge >= 0.3 is 12.0 Å². The second kappa shape index (κ2) is 7.15. The van der Waals surface area contributed by atoms with Crippen molar-refractivity contribution in [1.29, 1.82) is 0 Å². The summed E-state index contributed by atoms with van der Waals surface area (Å²) in [7, 11) is 0. The molecule has 0 saturated heterocycles. The minimum absolute atomic E-state index is 0.397. The van der Waals surface area contributed by atoms with E-state index < -0.39 is 24.5 Å². The third-order valence-corrected chi connectivity index (χ3v) is 2.29. The van der Waals surface area contributed by atoms with Crippen LogP contribution >= 0.6 is 0 Å².